The molecular formula is C7H8N4O. The minimum absolute atomic E-state index is 0.150. The summed E-state index contributed by atoms with van der Waals surface area (Å²) in [6.45, 7) is 2.25. The van der Waals surface area contributed by atoms with Gasteiger partial charge >= 0.3 is 0 Å². The normalized spacial score (nSPS) is 15.2. The highest BCUT2D eigenvalue weighted by Gasteiger charge is 2.16. The maximum absolute atomic E-state index is 11.3. The minimum Gasteiger partial charge on any atom is -0.346 e. The molecule has 62 valence electrons. The van der Waals surface area contributed by atoms with Crippen molar-refractivity contribution in [3.8, 4) is 0 Å². The van der Waals surface area contributed by atoms with Crippen LogP contribution in [-0.2, 0) is 0 Å². The first-order valence-electron chi connectivity index (χ1n) is 3.64. The quantitative estimate of drug-likeness (QED) is 0.573. The van der Waals surface area contributed by atoms with Crippen molar-refractivity contribution in [2.45, 2.75) is 6.92 Å². The lowest BCUT2D eigenvalue weighted by atomic mass is 10.4. The van der Waals surface area contributed by atoms with E-state index in [4.69, 9.17) is 0 Å². The van der Waals surface area contributed by atoms with Crippen LogP contribution in [-0.4, -0.2) is 28.6 Å². The number of fused-ring (bicyclic) bond motifs is 1. The number of imidazole rings is 1. The molecule has 2 rings (SSSR count). The number of hydrogen-bond acceptors (Lipinski definition) is 3. The Morgan fingerprint density at radius 1 is 1.58 bits per heavy atom. The van der Waals surface area contributed by atoms with Gasteiger partial charge < -0.3 is 10.3 Å². The molecule has 1 aliphatic rings. The second kappa shape index (κ2) is 2.44. The van der Waals surface area contributed by atoms with Gasteiger partial charge in [-0.15, -0.1) is 0 Å². The third-order valence-corrected chi connectivity index (χ3v) is 1.60. The summed E-state index contributed by atoms with van der Waals surface area (Å²) in [6, 6.07) is 0. The molecule has 0 fully saturated rings. The summed E-state index contributed by atoms with van der Waals surface area (Å²) in [5, 5.41) is 2.65. The monoisotopic (exact) mass is 164 g/mol. The van der Waals surface area contributed by atoms with Crippen LogP contribution in [0.5, 0.6) is 0 Å². The van der Waals surface area contributed by atoms with Gasteiger partial charge in [0.25, 0.3) is 5.91 Å². The van der Waals surface area contributed by atoms with Crippen molar-refractivity contribution in [3.63, 3.8) is 0 Å². The zero-order valence-corrected chi connectivity index (χ0v) is 6.59. The third-order valence-electron chi connectivity index (χ3n) is 1.60. The minimum atomic E-state index is -0.150. The predicted octanol–water partition coefficient (Wildman–Crippen LogP) is 0.164. The molecule has 0 atom stereocenters. The summed E-state index contributed by atoms with van der Waals surface area (Å²) in [6.07, 6.45) is 1.63. The number of aryl methyl sites for hydroxylation is 1. The van der Waals surface area contributed by atoms with E-state index < -0.39 is 0 Å². The molecule has 0 bridgehead atoms. The molecule has 0 radical (unpaired) electrons. The molecule has 5 heteroatoms. The van der Waals surface area contributed by atoms with Crippen molar-refractivity contribution in [2.24, 2.45) is 4.99 Å². The Labute approximate surface area is 68.9 Å². The van der Waals surface area contributed by atoms with Crippen LogP contribution in [0.25, 0.3) is 0 Å². The van der Waals surface area contributed by atoms with E-state index in [-0.39, 0.29) is 5.91 Å². The summed E-state index contributed by atoms with van der Waals surface area (Å²) >= 11 is 0. The van der Waals surface area contributed by atoms with Crippen molar-refractivity contribution in [1.82, 2.24) is 15.3 Å². The summed E-state index contributed by atoms with van der Waals surface area (Å²) in [5.41, 5.74) is 0.446. The van der Waals surface area contributed by atoms with Crippen molar-refractivity contribution in [1.29, 1.82) is 0 Å². The van der Waals surface area contributed by atoms with E-state index in [2.05, 4.69) is 20.3 Å². The Balaban J connectivity index is 2.55. The lowest BCUT2D eigenvalue weighted by Gasteiger charge is -1.94. The van der Waals surface area contributed by atoms with Gasteiger partial charge in [-0.2, -0.15) is 0 Å². The summed E-state index contributed by atoms with van der Waals surface area (Å²) in [5.74, 6) is 1.03. The molecular weight excluding hydrogens is 156 g/mol. The molecule has 12 heavy (non-hydrogen) atoms. The molecule has 1 aromatic heterocycles. The molecule has 0 saturated heterocycles. The number of H-pyrrole nitrogens is 1. The number of nitrogens with zero attached hydrogens (tertiary/aromatic N) is 2. The average molecular weight is 164 g/mol. The zero-order chi connectivity index (χ0) is 8.55. The van der Waals surface area contributed by atoms with E-state index in [1.165, 1.54) is 0 Å². The van der Waals surface area contributed by atoms with E-state index in [9.17, 15) is 4.79 Å². The predicted molar refractivity (Wildman–Crippen MR) is 43.8 cm³/mol. The lowest BCUT2D eigenvalue weighted by molar-refractivity contribution is 0.0956. The molecule has 0 saturated carbocycles. The van der Waals surface area contributed by atoms with E-state index in [1.54, 1.807) is 13.1 Å². The molecule has 0 spiro atoms. The highest BCUT2D eigenvalue weighted by molar-refractivity contribution is 5.99. The van der Waals surface area contributed by atoms with Gasteiger partial charge in [0.2, 0.25) is 0 Å². The first-order chi connectivity index (χ1) is 5.77. The summed E-state index contributed by atoms with van der Waals surface area (Å²) < 4.78 is 0. The average Bonchev–Trinajstić information content (AvgIpc) is 2.33. The summed E-state index contributed by atoms with van der Waals surface area (Å²) in [4.78, 5) is 22.2. The first kappa shape index (κ1) is 7.02. The van der Waals surface area contributed by atoms with Crippen LogP contribution in [0.3, 0.4) is 0 Å². The molecule has 0 unspecified atom stereocenters. The lowest BCUT2D eigenvalue weighted by Crippen LogP contribution is -2.24. The van der Waals surface area contributed by atoms with Gasteiger partial charge in [-0.25, -0.2) is 9.98 Å². The maximum Gasteiger partial charge on any atom is 0.271 e. The number of aromatic amines is 1. The Morgan fingerprint density at radius 2 is 2.42 bits per heavy atom. The Morgan fingerprint density at radius 3 is 3.25 bits per heavy atom. The van der Waals surface area contributed by atoms with Crippen LogP contribution >= 0.6 is 0 Å². The van der Waals surface area contributed by atoms with Gasteiger partial charge in [0.15, 0.2) is 11.5 Å². The van der Waals surface area contributed by atoms with Gasteiger partial charge in [-0.3, -0.25) is 4.79 Å². The van der Waals surface area contributed by atoms with Gasteiger partial charge in [0, 0.05) is 6.21 Å². The number of carbonyl (C=O) groups is 1. The highest BCUT2D eigenvalue weighted by Crippen LogP contribution is 2.15. The number of aromatic nitrogens is 2. The van der Waals surface area contributed by atoms with Crippen LogP contribution in [0, 0.1) is 6.92 Å². The van der Waals surface area contributed by atoms with Crippen molar-refractivity contribution < 1.29 is 4.79 Å². The van der Waals surface area contributed by atoms with Crippen LogP contribution in [0.1, 0.15) is 16.3 Å². The fraction of sp³-hybridized carbons (Fsp3) is 0.286. The second-order valence-electron chi connectivity index (χ2n) is 2.54. The zero-order valence-electron chi connectivity index (χ0n) is 6.59. The van der Waals surface area contributed by atoms with E-state index in [0.717, 1.165) is 0 Å². The standard InChI is InChI=1S/C7H8N4O/c1-4-10-5-6(11-4)8-2-3-9-7(5)12/h2H,3H2,1H3,(H,9,12)(H,10,11). The number of rotatable bonds is 0. The van der Waals surface area contributed by atoms with Crippen molar-refractivity contribution in [2.75, 3.05) is 6.54 Å². The fourth-order valence-electron chi connectivity index (χ4n) is 1.09. The Bertz CT molecular complexity index is 352. The molecule has 2 N–H and O–H groups in total. The number of carbonyl (C=O) groups excluding carboxylic acids is 1. The largest absolute Gasteiger partial charge is 0.346 e. The van der Waals surface area contributed by atoms with E-state index in [0.29, 0.717) is 23.9 Å². The van der Waals surface area contributed by atoms with Crippen LogP contribution in [0.15, 0.2) is 4.99 Å². The van der Waals surface area contributed by atoms with Crippen molar-refractivity contribution in [3.05, 3.63) is 11.5 Å². The Kier molecular flexibility index (Phi) is 1.43. The Hall–Kier alpha value is -1.65. The SMILES string of the molecule is Cc1nc2c([nH]1)C(=O)NCC=N2. The molecule has 2 heterocycles. The third kappa shape index (κ3) is 0.990. The molecule has 0 aliphatic carbocycles. The first-order valence-corrected chi connectivity index (χ1v) is 3.64. The van der Waals surface area contributed by atoms with Crippen LogP contribution < -0.4 is 5.32 Å². The number of hydrogen-bond donors (Lipinski definition) is 2. The van der Waals surface area contributed by atoms with Gasteiger partial charge in [0.1, 0.15) is 5.82 Å². The van der Waals surface area contributed by atoms with Gasteiger partial charge in [-0.05, 0) is 6.92 Å². The molecule has 1 amide bonds. The topological polar surface area (TPSA) is 70.1 Å². The molecule has 0 aromatic carbocycles. The second-order valence-corrected chi connectivity index (χ2v) is 2.54. The van der Waals surface area contributed by atoms with Gasteiger partial charge in [0.05, 0.1) is 6.54 Å². The number of aliphatic imine (C=N–C) groups is 1. The van der Waals surface area contributed by atoms with Crippen molar-refractivity contribution >= 4 is 17.9 Å². The van der Waals surface area contributed by atoms with E-state index in [1.807, 2.05) is 0 Å². The number of nitrogens with one attached hydrogen (secondary N) is 2. The van der Waals surface area contributed by atoms with Gasteiger partial charge in [-0.1, -0.05) is 0 Å². The van der Waals surface area contributed by atoms with E-state index >= 15 is 0 Å². The molecule has 5 nitrogen and oxygen atoms in total. The summed E-state index contributed by atoms with van der Waals surface area (Å²) in [7, 11) is 0. The molecule has 1 aliphatic heterocycles. The van der Waals surface area contributed by atoms with Crippen LogP contribution in [0.2, 0.25) is 0 Å². The molecule has 1 aromatic rings. The maximum atomic E-state index is 11.3. The van der Waals surface area contributed by atoms with Crippen LogP contribution in [0.4, 0.5) is 5.82 Å². The fourth-order valence-corrected chi connectivity index (χ4v) is 1.09. The highest BCUT2D eigenvalue weighted by atomic mass is 16.1. The number of amides is 1. The smallest absolute Gasteiger partial charge is 0.271 e.